The average Bonchev–Trinajstić information content (AvgIpc) is 1.94. The third-order valence-electron chi connectivity index (χ3n) is 1.33. The van der Waals surface area contributed by atoms with Crippen LogP contribution in [-0.2, 0) is 0 Å². The molecule has 4 heteroatoms. The van der Waals surface area contributed by atoms with Crippen molar-refractivity contribution in [2.45, 2.75) is 6.92 Å². The Hall–Kier alpha value is -0.640. The molecular formula is C7H10BrN3. The highest BCUT2D eigenvalue weighted by atomic mass is 79.9. The van der Waals surface area contributed by atoms with Crippen LogP contribution >= 0.6 is 15.9 Å². The van der Waals surface area contributed by atoms with Crippen molar-refractivity contribution in [3.05, 3.63) is 16.5 Å². The SMILES string of the molecule is Cc1nc(N(C)C)cnc1Br. The Bertz CT molecular complexity index is 260. The lowest BCUT2D eigenvalue weighted by Crippen LogP contribution is -2.11. The van der Waals surface area contributed by atoms with E-state index in [9.17, 15) is 0 Å². The summed E-state index contributed by atoms with van der Waals surface area (Å²) in [7, 11) is 3.88. The molecule has 1 aromatic rings. The predicted octanol–water partition coefficient (Wildman–Crippen LogP) is 1.61. The predicted molar refractivity (Wildman–Crippen MR) is 48.8 cm³/mol. The van der Waals surface area contributed by atoms with Crippen molar-refractivity contribution in [3.8, 4) is 0 Å². The van der Waals surface area contributed by atoms with Gasteiger partial charge in [0, 0.05) is 14.1 Å². The van der Waals surface area contributed by atoms with Crippen molar-refractivity contribution in [3.63, 3.8) is 0 Å². The molecule has 0 radical (unpaired) electrons. The van der Waals surface area contributed by atoms with Crippen molar-refractivity contribution >= 4 is 21.7 Å². The Labute approximate surface area is 74.6 Å². The maximum absolute atomic E-state index is 4.29. The molecule has 1 rings (SSSR count). The fourth-order valence-electron chi connectivity index (χ4n) is 0.670. The zero-order valence-corrected chi connectivity index (χ0v) is 8.38. The molecule has 1 heterocycles. The van der Waals surface area contributed by atoms with Crippen molar-refractivity contribution < 1.29 is 0 Å². The van der Waals surface area contributed by atoms with Crippen LogP contribution in [0.2, 0.25) is 0 Å². The lowest BCUT2D eigenvalue weighted by Gasteiger charge is -2.10. The summed E-state index contributed by atoms with van der Waals surface area (Å²) in [5.74, 6) is 0.880. The molecule has 0 aliphatic heterocycles. The number of rotatable bonds is 1. The fraction of sp³-hybridized carbons (Fsp3) is 0.429. The standard InChI is InChI=1S/C7H10BrN3/c1-5-7(8)9-4-6(10-5)11(2)3/h4H,1-3H3. The Morgan fingerprint density at radius 3 is 2.55 bits per heavy atom. The van der Waals surface area contributed by atoms with Gasteiger partial charge in [-0.15, -0.1) is 0 Å². The van der Waals surface area contributed by atoms with Crippen molar-refractivity contribution in [1.82, 2.24) is 9.97 Å². The largest absolute Gasteiger partial charge is 0.361 e. The molecule has 1 aromatic heterocycles. The molecule has 0 aliphatic rings. The van der Waals surface area contributed by atoms with Crippen LogP contribution in [0, 0.1) is 6.92 Å². The highest BCUT2D eigenvalue weighted by molar-refractivity contribution is 9.10. The van der Waals surface area contributed by atoms with E-state index in [1.165, 1.54) is 0 Å². The summed E-state index contributed by atoms with van der Waals surface area (Å²) >= 11 is 3.29. The highest BCUT2D eigenvalue weighted by Gasteiger charge is 2.00. The van der Waals surface area contributed by atoms with Crippen LogP contribution in [0.5, 0.6) is 0 Å². The smallest absolute Gasteiger partial charge is 0.146 e. The van der Waals surface area contributed by atoms with Crippen LogP contribution in [0.4, 0.5) is 5.82 Å². The van der Waals surface area contributed by atoms with Crippen LogP contribution < -0.4 is 4.90 Å². The van der Waals surface area contributed by atoms with Gasteiger partial charge in [0.2, 0.25) is 0 Å². The number of hydrogen-bond acceptors (Lipinski definition) is 3. The van der Waals surface area contributed by atoms with Gasteiger partial charge in [-0.05, 0) is 22.9 Å². The average molecular weight is 216 g/mol. The Morgan fingerprint density at radius 2 is 2.09 bits per heavy atom. The first-order valence-corrected chi connectivity index (χ1v) is 4.07. The lowest BCUT2D eigenvalue weighted by atomic mass is 10.5. The number of anilines is 1. The number of aromatic nitrogens is 2. The summed E-state index contributed by atoms with van der Waals surface area (Å²) < 4.78 is 0.808. The van der Waals surface area contributed by atoms with Gasteiger partial charge in [0.25, 0.3) is 0 Å². The Kier molecular flexibility index (Phi) is 2.44. The summed E-state index contributed by atoms with van der Waals surface area (Å²) in [6.45, 7) is 1.92. The van der Waals surface area contributed by atoms with E-state index in [0.717, 1.165) is 16.1 Å². The number of halogens is 1. The normalized spacial score (nSPS) is 9.82. The zero-order chi connectivity index (χ0) is 8.43. The highest BCUT2D eigenvalue weighted by Crippen LogP contribution is 2.13. The van der Waals surface area contributed by atoms with E-state index in [1.54, 1.807) is 6.20 Å². The first-order valence-electron chi connectivity index (χ1n) is 3.27. The quantitative estimate of drug-likeness (QED) is 0.714. The number of hydrogen-bond donors (Lipinski definition) is 0. The van der Waals surface area contributed by atoms with Crippen LogP contribution in [-0.4, -0.2) is 24.1 Å². The van der Waals surface area contributed by atoms with E-state index in [-0.39, 0.29) is 0 Å². The van der Waals surface area contributed by atoms with Crippen molar-refractivity contribution in [1.29, 1.82) is 0 Å². The van der Waals surface area contributed by atoms with Crippen LogP contribution in [0.25, 0.3) is 0 Å². The van der Waals surface area contributed by atoms with Crippen molar-refractivity contribution in [2.75, 3.05) is 19.0 Å². The maximum Gasteiger partial charge on any atom is 0.146 e. The maximum atomic E-state index is 4.29. The lowest BCUT2D eigenvalue weighted by molar-refractivity contribution is 0.997. The minimum atomic E-state index is 0.808. The molecule has 0 aromatic carbocycles. The molecule has 0 fully saturated rings. The van der Waals surface area contributed by atoms with Gasteiger partial charge in [0.1, 0.15) is 10.4 Å². The minimum absolute atomic E-state index is 0.808. The van der Waals surface area contributed by atoms with Gasteiger partial charge in [-0.25, -0.2) is 9.97 Å². The van der Waals surface area contributed by atoms with E-state index >= 15 is 0 Å². The molecule has 0 spiro atoms. The zero-order valence-electron chi connectivity index (χ0n) is 6.80. The third kappa shape index (κ3) is 1.89. The second kappa shape index (κ2) is 3.17. The molecule has 0 saturated heterocycles. The molecule has 11 heavy (non-hydrogen) atoms. The summed E-state index contributed by atoms with van der Waals surface area (Å²) in [6, 6.07) is 0. The molecule has 0 atom stereocenters. The molecule has 0 unspecified atom stereocenters. The summed E-state index contributed by atoms with van der Waals surface area (Å²) in [6.07, 6.45) is 1.73. The third-order valence-corrected chi connectivity index (χ3v) is 2.11. The summed E-state index contributed by atoms with van der Waals surface area (Å²) in [4.78, 5) is 10.3. The van der Waals surface area contributed by atoms with Gasteiger partial charge in [-0.2, -0.15) is 0 Å². The molecular weight excluding hydrogens is 206 g/mol. The topological polar surface area (TPSA) is 29.0 Å². The van der Waals surface area contributed by atoms with E-state index in [4.69, 9.17) is 0 Å². The fourth-order valence-corrected chi connectivity index (χ4v) is 0.861. The molecule has 0 N–H and O–H groups in total. The van der Waals surface area contributed by atoms with Gasteiger partial charge in [-0.3, -0.25) is 0 Å². The Balaban J connectivity index is 3.05. The van der Waals surface area contributed by atoms with Crippen molar-refractivity contribution in [2.24, 2.45) is 0 Å². The molecule has 3 nitrogen and oxygen atoms in total. The number of aryl methyl sites for hydroxylation is 1. The van der Waals surface area contributed by atoms with Crippen LogP contribution in [0.1, 0.15) is 5.69 Å². The van der Waals surface area contributed by atoms with Gasteiger partial charge < -0.3 is 4.90 Å². The summed E-state index contributed by atoms with van der Waals surface area (Å²) in [5, 5.41) is 0. The monoisotopic (exact) mass is 215 g/mol. The molecule has 60 valence electrons. The number of nitrogens with zero attached hydrogens (tertiary/aromatic N) is 3. The van der Waals surface area contributed by atoms with E-state index in [1.807, 2.05) is 25.9 Å². The van der Waals surface area contributed by atoms with Gasteiger partial charge in [-0.1, -0.05) is 0 Å². The van der Waals surface area contributed by atoms with Gasteiger partial charge >= 0.3 is 0 Å². The van der Waals surface area contributed by atoms with Crippen LogP contribution in [0.3, 0.4) is 0 Å². The minimum Gasteiger partial charge on any atom is -0.361 e. The Morgan fingerprint density at radius 1 is 1.45 bits per heavy atom. The molecule has 0 amide bonds. The van der Waals surface area contributed by atoms with E-state index in [2.05, 4.69) is 25.9 Å². The second-order valence-electron chi connectivity index (χ2n) is 2.50. The molecule has 0 saturated carbocycles. The summed E-state index contributed by atoms with van der Waals surface area (Å²) in [5.41, 5.74) is 0.913. The first kappa shape index (κ1) is 8.46. The van der Waals surface area contributed by atoms with Crippen LogP contribution in [0.15, 0.2) is 10.8 Å². The van der Waals surface area contributed by atoms with Gasteiger partial charge in [0.05, 0.1) is 11.9 Å². The second-order valence-corrected chi connectivity index (χ2v) is 3.25. The molecule has 0 bridgehead atoms. The van der Waals surface area contributed by atoms with E-state index < -0.39 is 0 Å². The first-order chi connectivity index (χ1) is 5.11. The van der Waals surface area contributed by atoms with E-state index in [0.29, 0.717) is 0 Å². The molecule has 0 aliphatic carbocycles. The van der Waals surface area contributed by atoms with Gasteiger partial charge in [0.15, 0.2) is 0 Å².